The lowest BCUT2D eigenvalue weighted by Crippen LogP contribution is -2.04. The van der Waals surface area contributed by atoms with Gasteiger partial charge in [0.15, 0.2) is 0 Å². The minimum absolute atomic E-state index is 0.0803. The minimum atomic E-state index is -0.0803. The van der Waals surface area contributed by atoms with Crippen LogP contribution in [0.15, 0.2) is 73.2 Å². The highest BCUT2D eigenvalue weighted by atomic mass is 16.1. The van der Waals surface area contributed by atoms with Gasteiger partial charge in [-0.25, -0.2) is 9.97 Å². The molecule has 0 fully saturated rings. The van der Waals surface area contributed by atoms with Crippen molar-refractivity contribution in [2.45, 2.75) is 0 Å². The molecule has 0 amide bonds. The summed E-state index contributed by atoms with van der Waals surface area (Å²) in [5.41, 5.74) is 1.08. The number of fused-ring (bicyclic) bond motifs is 2. The second-order valence-corrected chi connectivity index (χ2v) is 5.15. The van der Waals surface area contributed by atoms with Crippen LogP contribution < -0.4 is 0 Å². The monoisotopic (exact) mass is 284 g/mol. The molecule has 0 saturated carbocycles. The molecule has 0 atom stereocenters. The van der Waals surface area contributed by atoms with E-state index >= 15 is 0 Å². The van der Waals surface area contributed by atoms with E-state index in [1.54, 1.807) is 12.3 Å². The van der Waals surface area contributed by atoms with E-state index in [4.69, 9.17) is 0 Å². The van der Waals surface area contributed by atoms with E-state index in [2.05, 4.69) is 34.2 Å². The maximum absolute atomic E-state index is 12.7. The Morgan fingerprint density at radius 2 is 1.59 bits per heavy atom. The third kappa shape index (κ3) is 2.04. The van der Waals surface area contributed by atoms with Crippen LogP contribution in [0, 0.1) is 0 Å². The lowest BCUT2D eigenvalue weighted by molar-refractivity contribution is 0.103. The fourth-order valence-corrected chi connectivity index (χ4v) is 2.73. The Kier molecular flexibility index (Phi) is 2.90. The standard InChI is InChI=1S/C19H12N2O/c22-19(18-8-9-20-12-21-18)16-7-3-6-15-10-13-4-1-2-5-14(13)11-17(15)16/h1-12H. The second-order valence-electron chi connectivity index (χ2n) is 5.15. The molecule has 3 nitrogen and oxygen atoms in total. The van der Waals surface area contributed by atoms with Crippen LogP contribution in [0.25, 0.3) is 21.5 Å². The molecule has 0 N–H and O–H groups in total. The molecule has 0 saturated heterocycles. The summed E-state index contributed by atoms with van der Waals surface area (Å²) in [5.74, 6) is -0.0803. The van der Waals surface area contributed by atoms with E-state index in [9.17, 15) is 4.79 Å². The molecule has 0 aliphatic rings. The van der Waals surface area contributed by atoms with Gasteiger partial charge in [-0.05, 0) is 39.7 Å². The zero-order valence-corrected chi connectivity index (χ0v) is 11.7. The number of nitrogens with zero attached hydrogens (tertiary/aromatic N) is 2. The van der Waals surface area contributed by atoms with Crippen molar-refractivity contribution >= 4 is 27.3 Å². The Hall–Kier alpha value is -3.07. The summed E-state index contributed by atoms with van der Waals surface area (Å²) in [6, 6.07) is 19.8. The van der Waals surface area contributed by atoms with Crippen molar-refractivity contribution in [3.8, 4) is 0 Å². The van der Waals surface area contributed by atoms with Crippen molar-refractivity contribution < 1.29 is 4.79 Å². The third-order valence-electron chi connectivity index (χ3n) is 3.81. The average molecular weight is 284 g/mol. The Morgan fingerprint density at radius 3 is 2.36 bits per heavy atom. The van der Waals surface area contributed by atoms with Crippen LogP contribution in [0.2, 0.25) is 0 Å². The molecule has 22 heavy (non-hydrogen) atoms. The van der Waals surface area contributed by atoms with E-state index in [0.717, 1.165) is 16.2 Å². The summed E-state index contributed by atoms with van der Waals surface area (Å²) < 4.78 is 0. The molecular formula is C19H12N2O. The summed E-state index contributed by atoms with van der Waals surface area (Å²) in [5, 5.41) is 4.29. The zero-order valence-electron chi connectivity index (χ0n) is 11.7. The lowest BCUT2D eigenvalue weighted by Gasteiger charge is -2.07. The highest BCUT2D eigenvalue weighted by Crippen LogP contribution is 2.26. The Labute approximate surface area is 127 Å². The molecule has 3 heteroatoms. The van der Waals surface area contributed by atoms with Gasteiger partial charge in [0.25, 0.3) is 0 Å². The van der Waals surface area contributed by atoms with Crippen molar-refractivity contribution in [3.63, 3.8) is 0 Å². The first-order valence-electron chi connectivity index (χ1n) is 7.05. The number of carbonyl (C=O) groups is 1. The number of aromatic nitrogens is 2. The number of carbonyl (C=O) groups excluding carboxylic acids is 1. The van der Waals surface area contributed by atoms with Crippen molar-refractivity contribution in [3.05, 3.63) is 84.4 Å². The van der Waals surface area contributed by atoms with Gasteiger partial charge >= 0.3 is 0 Å². The number of rotatable bonds is 2. The summed E-state index contributed by atoms with van der Waals surface area (Å²) in [6.07, 6.45) is 2.98. The molecule has 1 aromatic heterocycles. The Bertz CT molecular complexity index is 994. The fraction of sp³-hybridized carbons (Fsp3) is 0. The van der Waals surface area contributed by atoms with E-state index < -0.39 is 0 Å². The maximum atomic E-state index is 12.7. The largest absolute Gasteiger partial charge is 0.287 e. The molecule has 1 heterocycles. The third-order valence-corrected chi connectivity index (χ3v) is 3.81. The van der Waals surface area contributed by atoms with Crippen molar-refractivity contribution in [1.82, 2.24) is 9.97 Å². The van der Waals surface area contributed by atoms with E-state index in [0.29, 0.717) is 11.3 Å². The molecule has 0 spiro atoms. The van der Waals surface area contributed by atoms with E-state index in [-0.39, 0.29) is 5.78 Å². The second kappa shape index (κ2) is 5.04. The lowest BCUT2D eigenvalue weighted by atomic mass is 9.96. The molecule has 0 radical (unpaired) electrons. The van der Waals surface area contributed by atoms with Gasteiger partial charge in [0, 0.05) is 11.8 Å². The van der Waals surface area contributed by atoms with Gasteiger partial charge in [-0.2, -0.15) is 0 Å². The molecule has 4 aromatic rings. The first-order valence-corrected chi connectivity index (χ1v) is 7.05. The Morgan fingerprint density at radius 1 is 0.818 bits per heavy atom. The number of benzene rings is 3. The number of hydrogen-bond donors (Lipinski definition) is 0. The summed E-state index contributed by atoms with van der Waals surface area (Å²) in [6.45, 7) is 0. The first kappa shape index (κ1) is 12.7. The number of ketones is 1. The quantitative estimate of drug-likeness (QED) is 0.412. The predicted octanol–water partition coefficient (Wildman–Crippen LogP) is 4.01. The van der Waals surface area contributed by atoms with Crippen LogP contribution >= 0.6 is 0 Å². The predicted molar refractivity (Wildman–Crippen MR) is 86.9 cm³/mol. The van der Waals surface area contributed by atoms with Gasteiger partial charge in [0.1, 0.15) is 12.0 Å². The summed E-state index contributed by atoms with van der Waals surface area (Å²) in [4.78, 5) is 20.6. The molecule has 0 aliphatic carbocycles. The van der Waals surface area contributed by atoms with Gasteiger partial charge < -0.3 is 0 Å². The summed E-state index contributed by atoms with van der Waals surface area (Å²) >= 11 is 0. The normalized spacial score (nSPS) is 10.9. The topological polar surface area (TPSA) is 42.9 Å². The molecule has 0 unspecified atom stereocenters. The van der Waals surface area contributed by atoms with Crippen LogP contribution in [0.3, 0.4) is 0 Å². The molecular weight excluding hydrogens is 272 g/mol. The average Bonchev–Trinajstić information content (AvgIpc) is 2.59. The molecule has 104 valence electrons. The molecule has 3 aromatic carbocycles. The van der Waals surface area contributed by atoms with E-state index in [1.807, 2.05) is 30.3 Å². The van der Waals surface area contributed by atoms with Crippen LogP contribution in [-0.4, -0.2) is 15.8 Å². The van der Waals surface area contributed by atoms with Gasteiger partial charge in [-0.3, -0.25) is 4.79 Å². The first-order chi connectivity index (χ1) is 10.8. The summed E-state index contributed by atoms with van der Waals surface area (Å²) in [7, 11) is 0. The van der Waals surface area contributed by atoms with Gasteiger partial charge in [-0.15, -0.1) is 0 Å². The van der Waals surface area contributed by atoms with Gasteiger partial charge in [0.2, 0.25) is 5.78 Å². The molecule has 0 aliphatic heterocycles. The minimum Gasteiger partial charge on any atom is -0.287 e. The molecule has 4 rings (SSSR count). The fourth-order valence-electron chi connectivity index (χ4n) is 2.73. The zero-order chi connectivity index (χ0) is 14.9. The van der Waals surface area contributed by atoms with Crippen LogP contribution in [0.5, 0.6) is 0 Å². The van der Waals surface area contributed by atoms with Crippen molar-refractivity contribution in [1.29, 1.82) is 0 Å². The van der Waals surface area contributed by atoms with Crippen LogP contribution in [0.1, 0.15) is 16.1 Å². The van der Waals surface area contributed by atoms with E-state index in [1.165, 1.54) is 11.7 Å². The van der Waals surface area contributed by atoms with Crippen LogP contribution in [-0.2, 0) is 0 Å². The van der Waals surface area contributed by atoms with Gasteiger partial charge in [0.05, 0.1) is 0 Å². The maximum Gasteiger partial charge on any atom is 0.212 e. The van der Waals surface area contributed by atoms with Gasteiger partial charge in [-0.1, -0.05) is 42.5 Å². The smallest absolute Gasteiger partial charge is 0.212 e. The molecule has 0 bridgehead atoms. The SMILES string of the molecule is O=C(c1ccncn1)c1cccc2cc3ccccc3cc12. The van der Waals surface area contributed by atoms with Crippen LogP contribution in [0.4, 0.5) is 0 Å². The highest BCUT2D eigenvalue weighted by Gasteiger charge is 2.13. The Balaban J connectivity index is 1.98. The van der Waals surface area contributed by atoms with Crippen molar-refractivity contribution in [2.75, 3.05) is 0 Å². The highest BCUT2D eigenvalue weighted by molar-refractivity contribution is 6.17. The number of hydrogen-bond acceptors (Lipinski definition) is 3. The van der Waals surface area contributed by atoms with Crippen molar-refractivity contribution in [2.24, 2.45) is 0 Å².